The van der Waals surface area contributed by atoms with Gasteiger partial charge in [0.05, 0.1) is 10.5 Å². The van der Waals surface area contributed by atoms with Gasteiger partial charge < -0.3 is 15.7 Å². The molecule has 1 aromatic rings. The summed E-state index contributed by atoms with van der Waals surface area (Å²) in [5, 5.41) is 21.1. The second-order valence-corrected chi connectivity index (χ2v) is 7.66. The minimum atomic E-state index is -4.02. The highest BCUT2D eigenvalue weighted by Crippen LogP contribution is 2.29. The van der Waals surface area contributed by atoms with Crippen LogP contribution in [0.2, 0.25) is 0 Å². The molecule has 1 saturated heterocycles. The number of hydrogen-bond acceptors (Lipinski definition) is 5. The smallest absolute Gasteiger partial charge is 0.335 e. The predicted molar refractivity (Wildman–Crippen MR) is 92.9 cm³/mol. The minimum absolute atomic E-state index is 0.0823. The largest absolute Gasteiger partial charge is 0.478 e. The first-order valence-corrected chi connectivity index (χ1v) is 9.77. The summed E-state index contributed by atoms with van der Waals surface area (Å²) in [5.74, 6) is -1.18. The zero-order valence-electron chi connectivity index (χ0n) is 13.8. The van der Waals surface area contributed by atoms with E-state index < -0.39 is 16.0 Å². The Morgan fingerprint density at radius 1 is 1.46 bits per heavy atom. The molecule has 1 atom stereocenters. The second kappa shape index (κ2) is 7.96. The number of nitrogens with two attached hydrogens (primary N) is 1. The van der Waals surface area contributed by atoms with E-state index in [1.165, 1.54) is 6.07 Å². The standard InChI is InChI=1S/C16H25N3O4S/c1-2-3-6-19-14-8-11(16(20)21)9-15(24(17,22)23)13(14)10-12-5-4-7-18-12/h8-9,12,18-19H,2-7,10H2,1H3,(H,20,21)(H2,17,22,23). The van der Waals surface area contributed by atoms with Gasteiger partial charge in [0.25, 0.3) is 0 Å². The molecule has 0 spiro atoms. The van der Waals surface area contributed by atoms with E-state index >= 15 is 0 Å². The molecule has 24 heavy (non-hydrogen) atoms. The van der Waals surface area contributed by atoms with Crippen LogP contribution in [0.1, 0.15) is 48.5 Å². The maximum Gasteiger partial charge on any atom is 0.335 e. The first-order chi connectivity index (χ1) is 11.3. The molecule has 7 nitrogen and oxygen atoms in total. The lowest BCUT2D eigenvalue weighted by Gasteiger charge is -2.19. The van der Waals surface area contributed by atoms with E-state index in [-0.39, 0.29) is 16.5 Å². The fraction of sp³-hybridized carbons (Fsp3) is 0.562. The van der Waals surface area contributed by atoms with Gasteiger partial charge in [-0.3, -0.25) is 0 Å². The van der Waals surface area contributed by atoms with E-state index in [9.17, 15) is 18.3 Å². The number of unbranched alkanes of at least 4 members (excludes halogenated alkanes) is 1. The maximum atomic E-state index is 12.0. The van der Waals surface area contributed by atoms with Crippen molar-refractivity contribution in [2.75, 3.05) is 18.4 Å². The van der Waals surface area contributed by atoms with E-state index in [1.54, 1.807) is 0 Å². The molecule has 2 rings (SSSR count). The number of carbonyl (C=O) groups is 1. The maximum absolute atomic E-state index is 12.0. The summed E-state index contributed by atoms with van der Waals surface area (Å²) in [6.45, 7) is 3.60. The normalized spacial score (nSPS) is 17.8. The van der Waals surface area contributed by atoms with Crippen LogP contribution in [-0.4, -0.2) is 38.6 Å². The van der Waals surface area contributed by atoms with Gasteiger partial charge in [-0.2, -0.15) is 0 Å². The fourth-order valence-electron chi connectivity index (χ4n) is 2.97. The molecule has 0 saturated carbocycles. The molecule has 0 bridgehead atoms. The van der Waals surface area contributed by atoms with Gasteiger partial charge in [0.1, 0.15) is 0 Å². The Labute approximate surface area is 142 Å². The number of anilines is 1. The first kappa shape index (κ1) is 18.7. The van der Waals surface area contributed by atoms with Crippen LogP contribution >= 0.6 is 0 Å². The quantitative estimate of drug-likeness (QED) is 0.525. The number of carboxylic acid groups (broad SMARTS) is 1. The van der Waals surface area contributed by atoms with Crippen molar-refractivity contribution in [1.29, 1.82) is 0 Å². The van der Waals surface area contributed by atoms with Crippen molar-refractivity contribution in [3.05, 3.63) is 23.3 Å². The number of benzene rings is 1. The molecule has 1 unspecified atom stereocenters. The Balaban J connectivity index is 2.49. The van der Waals surface area contributed by atoms with Crippen LogP contribution in [0.15, 0.2) is 17.0 Å². The minimum Gasteiger partial charge on any atom is -0.478 e. The third-order valence-electron chi connectivity index (χ3n) is 4.22. The molecular weight excluding hydrogens is 330 g/mol. The highest BCUT2D eigenvalue weighted by molar-refractivity contribution is 7.89. The Bertz CT molecular complexity index is 698. The van der Waals surface area contributed by atoms with Crippen molar-refractivity contribution in [3.63, 3.8) is 0 Å². The molecular formula is C16H25N3O4S. The van der Waals surface area contributed by atoms with Crippen molar-refractivity contribution >= 4 is 21.7 Å². The molecule has 8 heteroatoms. The molecule has 0 aromatic heterocycles. The molecule has 5 N–H and O–H groups in total. The van der Waals surface area contributed by atoms with Gasteiger partial charge in [0.15, 0.2) is 0 Å². The third kappa shape index (κ3) is 4.68. The van der Waals surface area contributed by atoms with Crippen LogP contribution < -0.4 is 15.8 Å². The number of aromatic carboxylic acids is 1. The Morgan fingerprint density at radius 2 is 2.21 bits per heavy atom. The third-order valence-corrected chi connectivity index (χ3v) is 5.20. The van der Waals surface area contributed by atoms with Gasteiger partial charge in [0.2, 0.25) is 10.0 Å². The summed E-state index contributed by atoms with van der Waals surface area (Å²) in [4.78, 5) is 11.2. The van der Waals surface area contributed by atoms with E-state index in [2.05, 4.69) is 17.6 Å². The van der Waals surface area contributed by atoms with Gasteiger partial charge in [-0.25, -0.2) is 18.4 Å². The molecule has 0 radical (unpaired) electrons. The van der Waals surface area contributed by atoms with Crippen LogP contribution in [0.3, 0.4) is 0 Å². The molecule has 1 aliphatic heterocycles. The summed E-state index contributed by atoms with van der Waals surface area (Å²) in [5.41, 5.74) is 1.03. The van der Waals surface area contributed by atoms with Crippen molar-refractivity contribution in [3.8, 4) is 0 Å². The average molecular weight is 355 g/mol. The highest BCUT2D eigenvalue weighted by atomic mass is 32.2. The van der Waals surface area contributed by atoms with E-state index in [0.717, 1.165) is 38.3 Å². The number of primary sulfonamides is 1. The lowest BCUT2D eigenvalue weighted by Crippen LogP contribution is -2.26. The molecule has 1 aromatic carbocycles. The van der Waals surface area contributed by atoms with Gasteiger partial charge >= 0.3 is 5.97 Å². The SMILES string of the molecule is CCCCNc1cc(C(=O)O)cc(S(N)(=O)=O)c1CC1CCCN1. The van der Waals surface area contributed by atoms with Crippen molar-refractivity contribution in [1.82, 2.24) is 5.32 Å². The number of sulfonamides is 1. The Hall–Kier alpha value is -1.64. The Morgan fingerprint density at radius 3 is 2.75 bits per heavy atom. The lowest BCUT2D eigenvalue weighted by atomic mass is 10.0. The second-order valence-electron chi connectivity index (χ2n) is 6.13. The van der Waals surface area contributed by atoms with Crippen LogP contribution in [0, 0.1) is 0 Å². The summed E-state index contributed by atoms with van der Waals surface area (Å²) in [7, 11) is -4.02. The summed E-state index contributed by atoms with van der Waals surface area (Å²) in [6.07, 6.45) is 4.39. The summed E-state index contributed by atoms with van der Waals surface area (Å²) >= 11 is 0. The van der Waals surface area contributed by atoms with E-state index in [0.29, 0.717) is 24.2 Å². The fourth-order valence-corrected chi connectivity index (χ4v) is 3.80. The van der Waals surface area contributed by atoms with Gasteiger partial charge in [0, 0.05) is 18.3 Å². The number of hydrogen-bond donors (Lipinski definition) is 4. The molecule has 1 heterocycles. The lowest BCUT2D eigenvalue weighted by molar-refractivity contribution is 0.0696. The van der Waals surface area contributed by atoms with E-state index in [1.807, 2.05) is 0 Å². The highest BCUT2D eigenvalue weighted by Gasteiger charge is 2.24. The average Bonchev–Trinajstić information content (AvgIpc) is 3.00. The number of carboxylic acids is 1. The van der Waals surface area contributed by atoms with Gasteiger partial charge in [-0.15, -0.1) is 0 Å². The molecule has 0 amide bonds. The predicted octanol–water partition coefficient (Wildman–Crippen LogP) is 1.54. The van der Waals surface area contributed by atoms with Crippen molar-refractivity contribution < 1.29 is 18.3 Å². The van der Waals surface area contributed by atoms with Crippen molar-refractivity contribution in [2.24, 2.45) is 5.14 Å². The number of nitrogens with one attached hydrogen (secondary N) is 2. The van der Waals surface area contributed by atoms with Crippen LogP contribution in [0.4, 0.5) is 5.69 Å². The first-order valence-electron chi connectivity index (χ1n) is 8.23. The van der Waals surface area contributed by atoms with Gasteiger partial charge in [-0.05, 0) is 49.9 Å². The zero-order valence-corrected chi connectivity index (χ0v) is 14.7. The van der Waals surface area contributed by atoms with Crippen LogP contribution in [-0.2, 0) is 16.4 Å². The van der Waals surface area contributed by atoms with Crippen molar-refractivity contribution in [2.45, 2.75) is 50.0 Å². The molecule has 1 fully saturated rings. The van der Waals surface area contributed by atoms with E-state index in [4.69, 9.17) is 5.14 Å². The monoisotopic (exact) mass is 355 g/mol. The number of rotatable bonds is 8. The molecule has 0 aliphatic carbocycles. The Kier molecular flexibility index (Phi) is 6.20. The van der Waals surface area contributed by atoms with Crippen LogP contribution in [0.5, 0.6) is 0 Å². The molecule has 134 valence electrons. The summed E-state index contributed by atoms with van der Waals surface area (Å²) in [6, 6.07) is 2.83. The zero-order chi connectivity index (χ0) is 17.7. The molecule has 1 aliphatic rings. The summed E-state index contributed by atoms with van der Waals surface area (Å²) < 4.78 is 24.0. The van der Waals surface area contributed by atoms with Crippen LogP contribution in [0.25, 0.3) is 0 Å². The topological polar surface area (TPSA) is 122 Å². The van der Waals surface area contributed by atoms with Gasteiger partial charge in [-0.1, -0.05) is 13.3 Å².